The number of likely N-dealkylation sites (tertiary alicyclic amines) is 1. The molecule has 192 valence electrons. The first kappa shape index (κ1) is 25.4. The Balaban J connectivity index is 1.28. The number of ether oxygens (including phenoxy) is 1. The molecule has 1 aromatic heterocycles. The van der Waals surface area contributed by atoms with Crippen LogP contribution in [-0.4, -0.2) is 46.8 Å². The van der Waals surface area contributed by atoms with Gasteiger partial charge in [0.15, 0.2) is 0 Å². The number of hydrogen-bond acceptors (Lipinski definition) is 8. The Kier molecular flexibility index (Phi) is 7.82. The van der Waals surface area contributed by atoms with Gasteiger partial charge in [-0.15, -0.1) is 11.8 Å². The average molecular weight is 515 g/mol. The monoisotopic (exact) mass is 514 g/mol. The fourth-order valence-corrected chi connectivity index (χ4v) is 6.08. The van der Waals surface area contributed by atoms with Gasteiger partial charge in [-0.1, -0.05) is 12.1 Å². The first-order chi connectivity index (χ1) is 18.0. The van der Waals surface area contributed by atoms with Crippen LogP contribution in [0.15, 0.2) is 41.3 Å². The second-order valence-corrected chi connectivity index (χ2v) is 11.0. The minimum absolute atomic E-state index is 0.337. The number of fused-ring (bicyclic) bond motifs is 1. The Morgan fingerprint density at radius 2 is 1.84 bits per heavy atom. The number of benzene rings is 2. The minimum Gasteiger partial charge on any atom is -0.437 e. The molecule has 0 unspecified atom stereocenters. The van der Waals surface area contributed by atoms with Crippen molar-refractivity contribution >= 4 is 23.4 Å². The number of piperidine rings is 1. The maximum atomic E-state index is 9.30. The van der Waals surface area contributed by atoms with E-state index >= 15 is 0 Å². The number of nitrogens with one attached hydrogen (secondary N) is 2. The normalized spacial score (nSPS) is 16.1. The molecule has 0 radical (unpaired) electrons. The van der Waals surface area contributed by atoms with E-state index in [0.29, 0.717) is 23.4 Å². The quantitative estimate of drug-likeness (QED) is 0.402. The number of nitrogens with zero attached hydrogens (tertiary/aromatic N) is 4. The number of nitriles is 1. The van der Waals surface area contributed by atoms with Crippen LogP contribution in [0.2, 0.25) is 0 Å². The summed E-state index contributed by atoms with van der Waals surface area (Å²) in [6, 6.07) is 15.0. The molecule has 0 aliphatic carbocycles. The van der Waals surface area contributed by atoms with E-state index in [1.54, 1.807) is 11.8 Å². The smallest absolute Gasteiger partial charge is 0.238 e. The summed E-state index contributed by atoms with van der Waals surface area (Å²) in [7, 11) is 1.95. The van der Waals surface area contributed by atoms with Crippen molar-refractivity contribution in [2.45, 2.75) is 57.0 Å². The van der Waals surface area contributed by atoms with Gasteiger partial charge in [0.1, 0.15) is 5.75 Å². The van der Waals surface area contributed by atoms with E-state index in [1.165, 1.54) is 5.56 Å². The molecule has 0 bridgehead atoms. The zero-order valence-corrected chi connectivity index (χ0v) is 22.6. The minimum atomic E-state index is 0.337. The second-order valence-electron chi connectivity index (χ2n) is 9.87. The summed E-state index contributed by atoms with van der Waals surface area (Å²) in [5.74, 6) is 3.09. The number of hydrogen-bond donors (Lipinski definition) is 2. The topological polar surface area (TPSA) is 86.1 Å². The van der Waals surface area contributed by atoms with Gasteiger partial charge < -0.3 is 15.4 Å². The summed E-state index contributed by atoms with van der Waals surface area (Å²) < 4.78 is 6.43. The summed E-state index contributed by atoms with van der Waals surface area (Å²) in [5.41, 5.74) is 6.07. The predicted molar refractivity (Wildman–Crippen MR) is 150 cm³/mol. The van der Waals surface area contributed by atoms with Crippen molar-refractivity contribution in [3.63, 3.8) is 0 Å². The van der Waals surface area contributed by atoms with Crippen molar-refractivity contribution < 1.29 is 4.74 Å². The molecule has 2 aliphatic heterocycles. The van der Waals surface area contributed by atoms with Crippen LogP contribution in [0, 0.1) is 25.2 Å². The molecule has 3 aromatic rings. The molecular formula is C29H34N6OS. The highest BCUT2D eigenvalue weighted by atomic mass is 32.2. The van der Waals surface area contributed by atoms with Gasteiger partial charge in [0.25, 0.3) is 0 Å². The molecule has 8 heteroatoms. The highest BCUT2D eigenvalue weighted by Crippen LogP contribution is 2.40. The van der Waals surface area contributed by atoms with Gasteiger partial charge in [-0.3, -0.25) is 4.90 Å². The summed E-state index contributed by atoms with van der Waals surface area (Å²) >= 11 is 1.77. The number of rotatable bonds is 7. The second kappa shape index (κ2) is 11.4. The molecule has 5 rings (SSSR count). The molecule has 7 nitrogen and oxygen atoms in total. The van der Waals surface area contributed by atoms with Gasteiger partial charge in [0.05, 0.1) is 22.2 Å². The van der Waals surface area contributed by atoms with E-state index in [1.807, 2.05) is 33.0 Å². The zero-order chi connectivity index (χ0) is 25.8. The van der Waals surface area contributed by atoms with Crippen LogP contribution in [-0.2, 0) is 13.0 Å². The van der Waals surface area contributed by atoms with Crippen molar-refractivity contribution in [3.8, 4) is 17.7 Å². The Hall–Kier alpha value is -3.28. The molecule has 0 atom stereocenters. The van der Waals surface area contributed by atoms with Crippen molar-refractivity contribution in [2.24, 2.45) is 0 Å². The third-order valence-electron chi connectivity index (χ3n) is 7.07. The van der Waals surface area contributed by atoms with E-state index in [2.05, 4.69) is 45.9 Å². The predicted octanol–water partition coefficient (Wildman–Crippen LogP) is 5.91. The SMILES string of the molecule is CNc1ccc(CN2CCC(Nc3nc4c(c(Oc5c(C)cc(C#N)cc5C)n3)SCCC4)CC2)cc1. The van der Waals surface area contributed by atoms with Crippen molar-refractivity contribution in [3.05, 3.63) is 64.3 Å². The number of thioether (sulfide) groups is 1. The lowest BCUT2D eigenvalue weighted by Crippen LogP contribution is -2.39. The van der Waals surface area contributed by atoms with Crippen molar-refractivity contribution in [1.29, 1.82) is 5.26 Å². The highest BCUT2D eigenvalue weighted by molar-refractivity contribution is 7.99. The standard InChI is InChI=1S/C29H34N6OS/c1-19-15-22(17-30)16-20(2)26(19)36-28-27-25(5-4-14-37-27)33-29(34-28)32-24-10-12-35(13-11-24)18-21-6-8-23(31-3)9-7-21/h6-9,15-16,24,31H,4-5,10-14,18H2,1-3H3,(H,32,33,34). The molecule has 37 heavy (non-hydrogen) atoms. The fourth-order valence-electron chi connectivity index (χ4n) is 5.06. The van der Waals surface area contributed by atoms with Gasteiger partial charge in [-0.2, -0.15) is 10.2 Å². The molecular weight excluding hydrogens is 480 g/mol. The van der Waals surface area contributed by atoms with Crippen LogP contribution in [0.25, 0.3) is 0 Å². The largest absolute Gasteiger partial charge is 0.437 e. The molecule has 1 fully saturated rings. The van der Waals surface area contributed by atoms with Crippen molar-refractivity contribution in [1.82, 2.24) is 14.9 Å². The van der Waals surface area contributed by atoms with E-state index < -0.39 is 0 Å². The van der Waals surface area contributed by atoms with Crippen LogP contribution >= 0.6 is 11.8 Å². The Labute approximate surface area is 223 Å². The van der Waals surface area contributed by atoms with Crippen LogP contribution in [0.3, 0.4) is 0 Å². The summed E-state index contributed by atoms with van der Waals surface area (Å²) in [6.45, 7) is 7.01. The lowest BCUT2D eigenvalue weighted by Gasteiger charge is -2.32. The molecule has 3 heterocycles. The lowest BCUT2D eigenvalue weighted by atomic mass is 10.0. The Bertz CT molecular complexity index is 1270. The zero-order valence-electron chi connectivity index (χ0n) is 21.8. The average Bonchev–Trinajstić information content (AvgIpc) is 2.92. The Morgan fingerprint density at radius 3 is 2.51 bits per heavy atom. The van der Waals surface area contributed by atoms with Crippen LogP contribution in [0.4, 0.5) is 11.6 Å². The van der Waals surface area contributed by atoms with E-state index in [9.17, 15) is 5.26 Å². The molecule has 0 amide bonds. The Morgan fingerprint density at radius 1 is 1.11 bits per heavy atom. The summed E-state index contributed by atoms with van der Waals surface area (Å²) in [4.78, 5) is 13.3. The third-order valence-corrected chi connectivity index (χ3v) is 8.26. The van der Waals surface area contributed by atoms with Gasteiger partial charge in [0.2, 0.25) is 11.8 Å². The molecule has 1 saturated heterocycles. The first-order valence-corrected chi connectivity index (χ1v) is 14.0. The van der Waals surface area contributed by atoms with Gasteiger partial charge in [0, 0.05) is 38.4 Å². The molecule has 2 N–H and O–H groups in total. The maximum absolute atomic E-state index is 9.30. The summed E-state index contributed by atoms with van der Waals surface area (Å²) in [6.07, 6.45) is 4.14. The van der Waals surface area contributed by atoms with Crippen LogP contribution in [0.1, 0.15) is 47.2 Å². The first-order valence-electron chi connectivity index (χ1n) is 13.0. The fraction of sp³-hybridized carbons (Fsp3) is 0.414. The number of aromatic nitrogens is 2. The number of anilines is 2. The van der Waals surface area contributed by atoms with Crippen LogP contribution in [0.5, 0.6) is 11.6 Å². The van der Waals surface area contributed by atoms with E-state index in [4.69, 9.17) is 14.7 Å². The van der Waals surface area contributed by atoms with Gasteiger partial charge in [-0.05, 0) is 86.2 Å². The third kappa shape index (κ3) is 6.00. The molecule has 2 aromatic carbocycles. The molecule has 0 spiro atoms. The van der Waals surface area contributed by atoms with Crippen LogP contribution < -0.4 is 15.4 Å². The van der Waals surface area contributed by atoms with E-state index in [0.717, 1.165) is 84.2 Å². The highest BCUT2D eigenvalue weighted by Gasteiger charge is 2.24. The van der Waals surface area contributed by atoms with Gasteiger partial charge >= 0.3 is 0 Å². The number of aryl methyl sites for hydroxylation is 3. The molecule has 0 saturated carbocycles. The van der Waals surface area contributed by atoms with E-state index in [-0.39, 0.29) is 0 Å². The maximum Gasteiger partial charge on any atom is 0.238 e. The van der Waals surface area contributed by atoms with Gasteiger partial charge in [-0.25, -0.2) is 4.98 Å². The van der Waals surface area contributed by atoms with Crippen molar-refractivity contribution in [2.75, 3.05) is 36.5 Å². The lowest BCUT2D eigenvalue weighted by molar-refractivity contribution is 0.211. The summed E-state index contributed by atoms with van der Waals surface area (Å²) in [5, 5.41) is 16.1. The molecule has 2 aliphatic rings.